The summed E-state index contributed by atoms with van der Waals surface area (Å²) >= 11 is 0. The molecule has 2 rings (SSSR count). The highest BCUT2D eigenvalue weighted by molar-refractivity contribution is 5.92. The number of rotatable bonds is 8. The van der Waals surface area contributed by atoms with Gasteiger partial charge in [0, 0.05) is 6.08 Å². The summed E-state index contributed by atoms with van der Waals surface area (Å²) in [6, 6.07) is 17.7. The zero-order valence-electron chi connectivity index (χ0n) is 15.2. The molecule has 25 heavy (non-hydrogen) atoms. The van der Waals surface area contributed by atoms with Gasteiger partial charge in [-0.1, -0.05) is 42.5 Å². The molecule has 0 bridgehead atoms. The Bertz CT molecular complexity index is 679. The van der Waals surface area contributed by atoms with E-state index in [0.29, 0.717) is 6.61 Å². The van der Waals surface area contributed by atoms with E-state index in [0.717, 1.165) is 23.4 Å². The lowest BCUT2D eigenvalue weighted by Gasteiger charge is -2.20. The van der Waals surface area contributed by atoms with E-state index in [-0.39, 0.29) is 11.9 Å². The van der Waals surface area contributed by atoms with E-state index >= 15 is 0 Å². The van der Waals surface area contributed by atoms with Crippen LogP contribution in [0, 0.1) is 0 Å². The maximum atomic E-state index is 12.3. The van der Waals surface area contributed by atoms with E-state index < -0.39 is 0 Å². The first-order chi connectivity index (χ1) is 12.1. The Labute approximate surface area is 150 Å². The molecule has 0 spiro atoms. The molecule has 132 valence electrons. The number of ether oxygens (including phenoxy) is 1. The van der Waals surface area contributed by atoms with E-state index in [2.05, 4.69) is 19.4 Å². The van der Waals surface area contributed by atoms with Gasteiger partial charge in [0.15, 0.2) is 0 Å². The van der Waals surface area contributed by atoms with Gasteiger partial charge in [0.2, 0.25) is 5.91 Å². The Kier molecular flexibility index (Phi) is 7.23. The number of hydrogen-bond donors (Lipinski definition) is 2. The van der Waals surface area contributed by atoms with Crippen LogP contribution in [0.15, 0.2) is 60.7 Å². The molecule has 0 saturated carbocycles. The predicted molar refractivity (Wildman–Crippen MR) is 102 cm³/mol. The number of carbonyl (C=O) groups is 1. The Hall–Kier alpha value is -2.59. The van der Waals surface area contributed by atoms with E-state index in [1.165, 1.54) is 4.90 Å². The van der Waals surface area contributed by atoms with Gasteiger partial charge < -0.3 is 15.0 Å². The molecule has 0 radical (unpaired) electrons. The van der Waals surface area contributed by atoms with Crippen LogP contribution in [-0.2, 0) is 4.79 Å². The second kappa shape index (κ2) is 9.64. The van der Waals surface area contributed by atoms with Crippen molar-refractivity contribution in [2.45, 2.75) is 13.0 Å². The smallest absolute Gasteiger partial charge is 0.244 e. The lowest BCUT2D eigenvalue weighted by Crippen LogP contribution is -3.06. The first kappa shape index (κ1) is 18.7. The molecule has 2 aromatic carbocycles. The number of likely N-dealkylation sites (N-methyl/N-ethyl adjacent to an activating group) is 1. The van der Waals surface area contributed by atoms with Gasteiger partial charge in [-0.2, -0.15) is 0 Å². The van der Waals surface area contributed by atoms with Crippen molar-refractivity contribution >= 4 is 12.0 Å². The number of amides is 1. The average Bonchev–Trinajstić information content (AvgIpc) is 2.61. The van der Waals surface area contributed by atoms with E-state index in [1.807, 2.05) is 67.6 Å². The summed E-state index contributed by atoms with van der Waals surface area (Å²) in [4.78, 5) is 13.6. The summed E-state index contributed by atoms with van der Waals surface area (Å²) in [5.41, 5.74) is 2.08. The van der Waals surface area contributed by atoms with Crippen molar-refractivity contribution < 1.29 is 14.4 Å². The number of carbonyl (C=O) groups excluding carboxylic acids is 1. The van der Waals surface area contributed by atoms with Crippen LogP contribution in [0.5, 0.6) is 5.75 Å². The normalized spacial score (nSPS) is 12.3. The number of nitrogens with one attached hydrogen (secondary N) is 2. The molecule has 0 aliphatic carbocycles. The van der Waals surface area contributed by atoms with E-state index in [1.54, 1.807) is 6.08 Å². The molecule has 0 aromatic heterocycles. The van der Waals surface area contributed by atoms with Crippen LogP contribution in [0.4, 0.5) is 0 Å². The molecule has 0 fully saturated rings. The zero-order valence-corrected chi connectivity index (χ0v) is 15.2. The number of benzene rings is 2. The summed E-state index contributed by atoms with van der Waals surface area (Å²) in [6.45, 7) is 3.43. The predicted octanol–water partition coefficient (Wildman–Crippen LogP) is 2.10. The minimum absolute atomic E-state index is 0.0105. The molecule has 0 unspecified atom stereocenters. The van der Waals surface area contributed by atoms with Crippen LogP contribution >= 0.6 is 0 Å². The SMILES string of the molecule is CCOc1ccc(/C=C/C(=O)N[C@@H](C[NH+](C)C)c2ccccc2)cc1. The summed E-state index contributed by atoms with van der Waals surface area (Å²) < 4.78 is 5.42. The Morgan fingerprint density at radius 2 is 1.80 bits per heavy atom. The van der Waals surface area contributed by atoms with Crippen LogP contribution < -0.4 is 15.0 Å². The van der Waals surface area contributed by atoms with Crippen molar-refractivity contribution in [3.8, 4) is 5.75 Å². The van der Waals surface area contributed by atoms with Gasteiger partial charge in [-0.05, 0) is 36.3 Å². The minimum Gasteiger partial charge on any atom is -0.494 e. The molecular formula is C21H27N2O2+. The second-order valence-corrected chi connectivity index (χ2v) is 6.22. The standard InChI is InChI=1S/C21H26N2O2/c1-4-25-19-13-10-17(11-14-19)12-15-21(24)22-20(16-23(2)3)18-8-6-5-7-9-18/h5-15,20H,4,16H2,1-3H3,(H,22,24)/p+1/b15-12+/t20-/m0/s1. The topological polar surface area (TPSA) is 42.8 Å². The summed E-state index contributed by atoms with van der Waals surface area (Å²) in [5.74, 6) is 0.742. The van der Waals surface area contributed by atoms with Crippen LogP contribution in [0.1, 0.15) is 24.1 Å². The molecular weight excluding hydrogens is 312 g/mol. The molecule has 4 nitrogen and oxygen atoms in total. The lowest BCUT2D eigenvalue weighted by molar-refractivity contribution is -0.860. The summed E-state index contributed by atoms with van der Waals surface area (Å²) in [7, 11) is 4.16. The molecule has 0 heterocycles. The fourth-order valence-corrected chi connectivity index (χ4v) is 2.58. The monoisotopic (exact) mass is 339 g/mol. The third kappa shape index (κ3) is 6.43. The van der Waals surface area contributed by atoms with Crippen molar-refractivity contribution in [3.63, 3.8) is 0 Å². The lowest BCUT2D eigenvalue weighted by atomic mass is 10.1. The van der Waals surface area contributed by atoms with Gasteiger partial charge in [-0.3, -0.25) is 4.79 Å². The third-order valence-corrected chi connectivity index (χ3v) is 3.75. The zero-order chi connectivity index (χ0) is 18.1. The highest BCUT2D eigenvalue weighted by Gasteiger charge is 2.16. The van der Waals surface area contributed by atoms with Gasteiger partial charge in [0.05, 0.1) is 20.7 Å². The number of hydrogen-bond acceptors (Lipinski definition) is 2. The fraction of sp³-hybridized carbons (Fsp3) is 0.286. The molecule has 2 N–H and O–H groups in total. The van der Waals surface area contributed by atoms with E-state index in [4.69, 9.17) is 4.74 Å². The van der Waals surface area contributed by atoms with Crippen LogP contribution in [0.2, 0.25) is 0 Å². The number of quaternary nitrogens is 1. The van der Waals surface area contributed by atoms with Crippen molar-refractivity contribution in [2.24, 2.45) is 0 Å². The maximum absolute atomic E-state index is 12.3. The molecule has 0 aliphatic rings. The molecule has 1 atom stereocenters. The highest BCUT2D eigenvalue weighted by atomic mass is 16.5. The maximum Gasteiger partial charge on any atom is 0.244 e. The summed E-state index contributed by atoms with van der Waals surface area (Å²) in [5, 5.41) is 3.10. The minimum atomic E-state index is -0.0935. The van der Waals surface area contributed by atoms with Crippen LogP contribution in [0.3, 0.4) is 0 Å². The summed E-state index contributed by atoms with van der Waals surface area (Å²) in [6.07, 6.45) is 3.40. The van der Waals surface area contributed by atoms with E-state index in [9.17, 15) is 4.79 Å². The first-order valence-electron chi connectivity index (χ1n) is 8.64. The van der Waals surface area contributed by atoms with Crippen molar-refractivity contribution in [2.75, 3.05) is 27.2 Å². The van der Waals surface area contributed by atoms with Gasteiger partial charge in [-0.15, -0.1) is 0 Å². The van der Waals surface area contributed by atoms with Crippen molar-refractivity contribution in [3.05, 3.63) is 71.8 Å². The fourth-order valence-electron chi connectivity index (χ4n) is 2.58. The average molecular weight is 339 g/mol. The second-order valence-electron chi connectivity index (χ2n) is 6.22. The molecule has 4 heteroatoms. The highest BCUT2D eigenvalue weighted by Crippen LogP contribution is 2.14. The van der Waals surface area contributed by atoms with Gasteiger partial charge in [-0.25, -0.2) is 0 Å². The van der Waals surface area contributed by atoms with Crippen molar-refractivity contribution in [1.29, 1.82) is 0 Å². The largest absolute Gasteiger partial charge is 0.494 e. The van der Waals surface area contributed by atoms with Gasteiger partial charge in [0.25, 0.3) is 0 Å². The molecule has 1 amide bonds. The third-order valence-electron chi connectivity index (χ3n) is 3.75. The van der Waals surface area contributed by atoms with Gasteiger partial charge in [0.1, 0.15) is 18.3 Å². The van der Waals surface area contributed by atoms with Crippen molar-refractivity contribution in [1.82, 2.24) is 5.32 Å². The van der Waals surface area contributed by atoms with Crippen LogP contribution in [0.25, 0.3) is 6.08 Å². The van der Waals surface area contributed by atoms with Crippen LogP contribution in [-0.4, -0.2) is 33.2 Å². The Morgan fingerprint density at radius 1 is 1.12 bits per heavy atom. The molecule has 0 aliphatic heterocycles. The Morgan fingerprint density at radius 3 is 2.40 bits per heavy atom. The Balaban J connectivity index is 2.00. The molecule has 0 saturated heterocycles. The first-order valence-corrected chi connectivity index (χ1v) is 8.64. The molecule has 2 aromatic rings. The quantitative estimate of drug-likeness (QED) is 0.724. The van der Waals surface area contributed by atoms with Gasteiger partial charge >= 0.3 is 0 Å².